The van der Waals surface area contributed by atoms with Crippen molar-refractivity contribution in [2.24, 2.45) is 0 Å². The summed E-state index contributed by atoms with van der Waals surface area (Å²) in [7, 11) is 0. The third kappa shape index (κ3) is 2.11. The standard InChI is InChI=1S/C10H11NOSe/c12-10-7-4-8-11(10)13-9-5-2-1-3-6-9/h1-3,5-6H,4,7-8H2. The molecular weight excluding hydrogens is 229 g/mol. The summed E-state index contributed by atoms with van der Waals surface area (Å²) in [6.07, 6.45) is 1.78. The van der Waals surface area contributed by atoms with E-state index >= 15 is 0 Å². The second-order valence-electron chi connectivity index (χ2n) is 3.00. The van der Waals surface area contributed by atoms with Crippen molar-refractivity contribution in [1.29, 1.82) is 0 Å². The van der Waals surface area contributed by atoms with Gasteiger partial charge in [0.2, 0.25) is 0 Å². The monoisotopic (exact) mass is 241 g/mol. The van der Waals surface area contributed by atoms with Gasteiger partial charge >= 0.3 is 84.0 Å². The molecule has 1 aromatic carbocycles. The molecule has 0 atom stereocenters. The first-order chi connectivity index (χ1) is 6.36. The van der Waals surface area contributed by atoms with Gasteiger partial charge in [-0.05, 0) is 0 Å². The van der Waals surface area contributed by atoms with Crippen LogP contribution in [0.25, 0.3) is 0 Å². The van der Waals surface area contributed by atoms with Gasteiger partial charge in [0, 0.05) is 0 Å². The quantitative estimate of drug-likeness (QED) is 0.691. The molecule has 1 heterocycles. The maximum atomic E-state index is 11.3. The average Bonchev–Trinajstić information content (AvgIpc) is 2.54. The molecule has 1 fully saturated rings. The van der Waals surface area contributed by atoms with Gasteiger partial charge in [0.25, 0.3) is 0 Å². The molecule has 0 unspecified atom stereocenters. The van der Waals surface area contributed by atoms with Gasteiger partial charge in [0.15, 0.2) is 0 Å². The Balaban J connectivity index is 2.02. The Labute approximate surface area is 84.3 Å². The van der Waals surface area contributed by atoms with Gasteiger partial charge in [0.1, 0.15) is 0 Å². The second-order valence-corrected chi connectivity index (χ2v) is 5.30. The number of carbonyl (C=O) groups is 1. The van der Waals surface area contributed by atoms with Crippen molar-refractivity contribution >= 4 is 25.5 Å². The van der Waals surface area contributed by atoms with Crippen LogP contribution in [-0.4, -0.2) is 31.5 Å². The van der Waals surface area contributed by atoms with Crippen LogP contribution in [0.5, 0.6) is 0 Å². The Bertz CT molecular complexity index is 299. The van der Waals surface area contributed by atoms with E-state index in [-0.39, 0.29) is 15.2 Å². The summed E-state index contributed by atoms with van der Waals surface area (Å²) in [5, 5.41) is 0. The Morgan fingerprint density at radius 3 is 2.62 bits per heavy atom. The topological polar surface area (TPSA) is 20.3 Å². The first kappa shape index (κ1) is 8.79. The van der Waals surface area contributed by atoms with Gasteiger partial charge in [0.05, 0.1) is 0 Å². The van der Waals surface area contributed by atoms with Gasteiger partial charge in [-0.1, -0.05) is 0 Å². The van der Waals surface area contributed by atoms with E-state index in [1.807, 2.05) is 22.1 Å². The first-order valence-corrected chi connectivity index (χ1v) is 6.02. The van der Waals surface area contributed by atoms with Crippen LogP contribution >= 0.6 is 0 Å². The molecule has 1 aromatic rings. The molecule has 1 aliphatic rings. The molecule has 1 saturated heterocycles. The number of hydrogen-bond acceptors (Lipinski definition) is 1. The summed E-state index contributed by atoms with van der Waals surface area (Å²) in [6, 6.07) is 10.2. The van der Waals surface area contributed by atoms with E-state index in [9.17, 15) is 4.79 Å². The van der Waals surface area contributed by atoms with Gasteiger partial charge in [-0.15, -0.1) is 0 Å². The number of hydrogen-bond donors (Lipinski definition) is 0. The second kappa shape index (κ2) is 3.95. The minimum atomic E-state index is 0.203. The van der Waals surface area contributed by atoms with E-state index in [2.05, 4.69) is 12.1 Å². The Morgan fingerprint density at radius 1 is 1.23 bits per heavy atom. The van der Waals surface area contributed by atoms with Gasteiger partial charge in [-0.25, -0.2) is 0 Å². The first-order valence-electron chi connectivity index (χ1n) is 4.39. The third-order valence-corrected chi connectivity index (χ3v) is 4.27. The fourth-order valence-corrected chi connectivity index (χ4v) is 3.31. The Kier molecular flexibility index (Phi) is 2.67. The van der Waals surface area contributed by atoms with E-state index in [1.54, 1.807) is 0 Å². The molecule has 0 aliphatic carbocycles. The fourth-order valence-electron chi connectivity index (χ4n) is 1.33. The summed E-state index contributed by atoms with van der Waals surface area (Å²) in [6.45, 7) is 0.952. The van der Waals surface area contributed by atoms with Crippen LogP contribution in [0.15, 0.2) is 30.3 Å². The number of nitrogens with zero attached hydrogens (tertiary/aromatic N) is 1. The van der Waals surface area contributed by atoms with Crippen molar-refractivity contribution in [3.8, 4) is 0 Å². The number of rotatable bonds is 2. The predicted molar refractivity (Wildman–Crippen MR) is 52.8 cm³/mol. The molecule has 3 heteroatoms. The van der Waals surface area contributed by atoms with Crippen molar-refractivity contribution in [3.05, 3.63) is 30.3 Å². The third-order valence-electron chi connectivity index (χ3n) is 1.99. The molecule has 13 heavy (non-hydrogen) atoms. The molecule has 0 saturated carbocycles. The molecular formula is C10H11NOSe. The van der Waals surface area contributed by atoms with Crippen molar-refractivity contribution in [2.75, 3.05) is 6.54 Å². The minimum absolute atomic E-state index is 0.203. The molecule has 2 nitrogen and oxygen atoms in total. The molecule has 0 aromatic heterocycles. The zero-order chi connectivity index (χ0) is 9.10. The number of benzene rings is 1. The van der Waals surface area contributed by atoms with Crippen molar-refractivity contribution in [3.63, 3.8) is 0 Å². The van der Waals surface area contributed by atoms with Crippen LogP contribution in [0.3, 0.4) is 0 Å². The van der Waals surface area contributed by atoms with Crippen molar-refractivity contribution in [2.45, 2.75) is 12.8 Å². The molecule has 68 valence electrons. The van der Waals surface area contributed by atoms with E-state index in [1.165, 1.54) is 4.46 Å². The van der Waals surface area contributed by atoms with Crippen LogP contribution in [0.1, 0.15) is 12.8 Å². The summed E-state index contributed by atoms with van der Waals surface area (Å²) < 4.78 is 3.27. The molecule has 1 aliphatic heterocycles. The summed E-state index contributed by atoms with van der Waals surface area (Å²) in [4.78, 5) is 11.3. The van der Waals surface area contributed by atoms with Crippen molar-refractivity contribution in [1.82, 2.24) is 3.92 Å². The molecule has 2 rings (SSSR count). The number of carbonyl (C=O) groups excluding carboxylic acids is 1. The molecule has 0 radical (unpaired) electrons. The zero-order valence-corrected chi connectivity index (χ0v) is 8.98. The van der Waals surface area contributed by atoms with Crippen LogP contribution in [-0.2, 0) is 4.79 Å². The Hall–Kier alpha value is -0.791. The van der Waals surface area contributed by atoms with Gasteiger partial charge < -0.3 is 0 Å². The normalized spacial score (nSPS) is 16.6. The molecule has 1 amide bonds. The van der Waals surface area contributed by atoms with E-state index < -0.39 is 0 Å². The summed E-state index contributed by atoms with van der Waals surface area (Å²) >= 11 is 0.203. The zero-order valence-electron chi connectivity index (χ0n) is 7.27. The van der Waals surface area contributed by atoms with Crippen LogP contribution in [0.2, 0.25) is 0 Å². The molecule has 0 spiro atoms. The van der Waals surface area contributed by atoms with E-state index in [0.717, 1.165) is 19.4 Å². The van der Waals surface area contributed by atoms with Gasteiger partial charge in [-0.2, -0.15) is 0 Å². The predicted octanol–water partition coefficient (Wildman–Crippen LogP) is 0.553. The molecule has 0 N–H and O–H groups in total. The number of amides is 1. The van der Waals surface area contributed by atoms with E-state index in [4.69, 9.17) is 0 Å². The van der Waals surface area contributed by atoms with Gasteiger partial charge in [-0.3, -0.25) is 0 Å². The van der Waals surface area contributed by atoms with E-state index in [0.29, 0.717) is 5.91 Å². The maximum absolute atomic E-state index is 11.3. The van der Waals surface area contributed by atoms with Crippen LogP contribution < -0.4 is 4.46 Å². The SMILES string of the molecule is O=C1CCCN1[Se]c1ccccc1. The summed E-state index contributed by atoms with van der Waals surface area (Å²) in [5.41, 5.74) is 0. The fraction of sp³-hybridized carbons (Fsp3) is 0.300. The van der Waals surface area contributed by atoms with Crippen LogP contribution in [0.4, 0.5) is 0 Å². The summed E-state index contributed by atoms with van der Waals surface area (Å²) in [5.74, 6) is 0.323. The van der Waals surface area contributed by atoms with Crippen LogP contribution in [0, 0.1) is 0 Å². The van der Waals surface area contributed by atoms with Crippen molar-refractivity contribution < 1.29 is 4.79 Å². The average molecular weight is 240 g/mol. The Morgan fingerprint density at radius 2 is 2.00 bits per heavy atom. The molecule has 0 bridgehead atoms.